The van der Waals surface area contributed by atoms with Crippen molar-refractivity contribution in [1.82, 2.24) is 10.2 Å². The summed E-state index contributed by atoms with van der Waals surface area (Å²) in [6.45, 7) is 6.43. The van der Waals surface area contributed by atoms with E-state index in [9.17, 15) is 4.79 Å². The molecule has 1 aromatic carbocycles. The van der Waals surface area contributed by atoms with Gasteiger partial charge in [0.1, 0.15) is 0 Å². The van der Waals surface area contributed by atoms with Crippen LogP contribution in [-0.2, 0) is 4.79 Å². The highest BCUT2D eigenvalue weighted by Gasteiger charge is 2.14. The van der Waals surface area contributed by atoms with Gasteiger partial charge in [-0.25, -0.2) is 0 Å². The molecule has 0 saturated carbocycles. The number of hydrogen-bond donors (Lipinski definition) is 1. The molecule has 0 bridgehead atoms. The lowest BCUT2D eigenvalue weighted by Gasteiger charge is -2.19. The van der Waals surface area contributed by atoms with Gasteiger partial charge in [0, 0.05) is 26.1 Å². The predicted octanol–water partition coefficient (Wildman–Crippen LogP) is 1.98. The van der Waals surface area contributed by atoms with Gasteiger partial charge in [-0.3, -0.25) is 4.79 Å². The first kappa shape index (κ1) is 15.6. The standard InChI is InChI=1S/C16H24N2O3/c1-4-18(3)16(19)11-17-12(2)13-6-7-14-15(10-13)21-9-5-8-20-14/h6-7,10,12,17H,4-5,8-9,11H2,1-3H3. The lowest BCUT2D eigenvalue weighted by molar-refractivity contribution is -0.128. The molecule has 0 fully saturated rings. The Hall–Kier alpha value is -1.75. The topological polar surface area (TPSA) is 50.8 Å². The van der Waals surface area contributed by atoms with Gasteiger partial charge in [-0.05, 0) is 31.5 Å². The zero-order valence-corrected chi connectivity index (χ0v) is 13.0. The van der Waals surface area contributed by atoms with E-state index in [1.807, 2.05) is 39.1 Å². The van der Waals surface area contributed by atoms with Gasteiger partial charge in [0.2, 0.25) is 5.91 Å². The van der Waals surface area contributed by atoms with E-state index in [4.69, 9.17) is 9.47 Å². The Kier molecular flexibility index (Phi) is 5.44. The zero-order valence-electron chi connectivity index (χ0n) is 13.0. The van der Waals surface area contributed by atoms with Crippen LogP contribution in [0.15, 0.2) is 18.2 Å². The maximum absolute atomic E-state index is 11.8. The second-order valence-corrected chi connectivity index (χ2v) is 5.27. The van der Waals surface area contributed by atoms with Crippen molar-refractivity contribution in [3.8, 4) is 11.5 Å². The summed E-state index contributed by atoms with van der Waals surface area (Å²) < 4.78 is 11.3. The maximum Gasteiger partial charge on any atom is 0.236 e. The number of amides is 1. The normalized spacial score (nSPS) is 15.2. The highest BCUT2D eigenvalue weighted by Crippen LogP contribution is 2.32. The van der Waals surface area contributed by atoms with Crippen molar-refractivity contribution in [2.75, 3.05) is 33.4 Å². The minimum atomic E-state index is 0.0800. The molecule has 0 spiro atoms. The van der Waals surface area contributed by atoms with Crippen molar-refractivity contribution in [2.45, 2.75) is 26.3 Å². The molecule has 1 amide bonds. The van der Waals surface area contributed by atoms with Crippen LogP contribution < -0.4 is 14.8 Å². The summed E-state index contributed by atoms with van der Waals surface area (Å²) >= 11 is 0. The van der Waals surface area contributed by atoms with Gasteiger partial charge in [-0.2, -0.15) is 0 Å². The summed E-state index contributed by atoms with van der Waals surface area (Å²) in [6, 6.07) is 6.02. The molecule has 0 aromatic heterocycles. The Morgan fingerprint density at radius 3 is 2.76 bits per heavy atom. The average molecular weight is 292 g/mol. The van der Waals surface area contributed by atoms with Crippen LogP contribution >= 0.6 is 0 Å². The molecule has 1 aliphatic rings. The molecule has 21 heavy (non-hydrogen) atoms. The smallest absolute Gasteiger partial charge is 0.236 e. The molecule has 1 atom stereocenters. The van der Waals surface area contributed by atoms with E-state index >= 15 is 0 Å². The molecular formula is C16H24N2O3. The Balaban J connectivity index is 1.98. The molecule has 1 aromatic rings. The van der Waals surface area contributed by atoms with Crippen molar-refractivity contribution in [3.05, 3.63) is 23.8 Å². The van der Waals surface area contributed by atoms with Crippen molar-refractivity contribution < 1.29 is 14.3 Å². The summed E-state index contributed by atoms with van der Waals surface area (Å²) in [7, 11) is 1.81. The molecule has 0 aliphatic carbocycles. The van der Waals surface area contributed by atoms with E-state index in [2.05, 4.69) is 5.32 Å². The molecule has 1 heterocycles. The monoisotopic (exact) mass is 292 g/mol. The molecule has 0 saturated heterocycles. The van der Waals surface area contributed by atoms with E-state index < -0.39 is 0 Å². The molecule has 1 unspecified atom stereocenters. The molecule has 5 nitrogen and oxygen atoms in total. The number of ether oxygens (including phenoxy) is 2. The van der Waals surface area contributed by atoms with Crippen molar-refractivity contribution in [1.29, 1.82) is 0 Å². The van der Waals surface area contributed by atoms with E-state index in [1.54, 1.807) is 4.90 Å². The highest BCUT2D eigenvalue weighted by molar-refractivity contribution is 5.77. The molecule has 1 aliphatic heterocycles. The Bertz CT molecular complexity index is 490. The van der Waals surface area contributed by atoms with Crippen LogP contribution in [0, 0.1) is 0 Å². The quantitative estimate of drug-likeness (QED) is 0.901. The van der Waals surface area contributed by atoms with Crippen LogP contribution in [0.1, 0.15) is 31.9 Å². The highest BCUT2D eigenvalue weighted by atomic mass is 16.5. The van der Waals surface area contributed by atoms with Crippen LogP contribution in [-0.4, -0.2) is 44.2 Å². The number of nitrogens with zero attached hydrogens (tertiary/aromatic N) is 1. The number of nitrogens with one attached hydrogen (secondary N) is 1. The van der Waals surface area contributed by atoms with Crippen molar-refractivity contribution >= 4 is 5.91 Å². The largest absolute Gasteiger partial charge is 0.490 e. The van der Waals surface area contributed by atoms with Gasteiger partial charge >= 0.3 is 0 Å². The van der Waals surface area contributed by atoms with Gasteiger partial charge in [0.15, 0.2) is 11.5 Å². The zero-order chi connectivity index (χ0) is 15.2. The van der Waals surface area contributed by atoms with Crippen LogP contribution in [0.4, 0.5) is 0 Å². The number of rotatable bonds is 5. The van der Waals surface area contributed by atoms with E-state index in [0.29, 0.717) is 19.8 Å². The Morgan fingerprint density at radius 1 is 1.33 bits per heavy atom. The average Bonchev–Trinajstić information content (AvgIpc) is 2.75. The van der Waals surface area contributed by atoms with Crippen molar-refractivity contribution in [3.63, 3.8) is 0 Å². The van der Waals surface area contributed by atoms with Gasteiger partial charge in [0.05, 0.1) is 19.8 Å². The summed E-state index contributed by atoms with van der Waals surface area (Å²) in [5, 5.41) is 3.25. The first-order valence-corrected chi connectivity index (χ1v) is 7.48. The number of likely N-dealkylation sites (N-methyl/N-ethyl adjacent to an activating group) is 1. The fraction of sp³-hybridized carbons (Fsp3) is 0.562. The van der Waals surface area contributed by atoms with E-state index in [-0.39, 0.29) is 11.9 Å². The number of hydrogen-bond acceptors (Lipinski definition) is 4. The second-order valence-electron chi connectivity index (χ2n) is 5.27. The van der Waals surface area contributed by atoms with Gasteiger partial charge in [-0.15, -0.1) is 0 Å². The first-order valence-electron chi connectivity index (χ1n) is 7.48. The molecule has 2 rings (SSSR count). The third kappa shape index (κ3) is 4.11. The number of carbonyl (C=O) groups excluding carboxylic acids is 1. The Labute approximate surface area is 126 Å². The van der Waals surface area contributed by atoms with Gasteiger partial charge in [-0.1, -0.05) is 6.07 Å². The lowest BCUT2D eigenvalue weighted by atomic mass is 10.1. The fourth-order valence-corrected chi connectivity index (χ4v) is 2.12. The third-order valence-electron chi connectivity index (χ3n) is 3.73. The number of carbonyl (C=O) groups is 1. The van der Waals surface area contributed by atoms with Gasteiger partial charge < -0.3 is 19.7 Å². The Morgan fingerprint density at radius 2 is 2.05 bits per heavy atom. The van der Waals surface area contributed by atoms with Crippen LogP contribution in [0.2, 0.25) is 0 Å². The minimum absolute atomic E-state index is 0.0800. The first-order chi connectivity index (χ1) is 10.1. The SMILES string of the molecule is CCN(C)C(=O)CNC(C)c1ccc2c(c1)OCCCO2. The molecule has 0 radical (unpaired) electrons. The number of benzene rings is 1. The van der Waals surface area contributed by atoms with Crippen molar-refractivity contribution in [2.24, 2.45) is 0 Å². The minimum Gasteiger partial charge on any atom is -0.490 e. The predicted molar refractivity (Wildman–Crippen MR) is 81.8 cm³/mol. The van der Waals surface area contributed by atoms with Crippen LogP contribution in [0.5, 0.6) is 11.5 Å². The second kappa shape index (κ2) is 7.31. The molecule has 1 N–H and O–H groups in total. The van der Waals surface area contributed by atoms with E-state index in [0.717, 1.165) is 30.0 Å². The summed E-state index contributed by atoms with van der Waals surface area (Å²) in [6.07, 6.45) is 0.898. The van der Waals surface area contributed by atoms with Crippen LogP contribution in [0.25, 0.3) is 0 Å². The van der Waals surface area contributed by atoms with Crippen LogP contribution in [0.3, 0.4) is 0 Å². The molecule has 5 heteroatoms. The number of fused-ring (bicyclic) bond motifs is 1. The third-order valence-corrected chi connectivity index (χ3v) is 3.73. The molecular weight excluding hydrogens is 268 g/mol. The van der Waals surface area contributed by atoms with E-state index in [1.165, 1.54) is 0 Å². The maximum atomic E-state index is 11.8. The van der Waals surface area contributed by atoms with Gasteiger partial charge in [0.25, 0.3) is 0 Å². The summed E-state index contributed by atoms with van der Waals surface area (Å²) in [4.78, 5) is 13.5. The lowest BCUT2D eigenvalue weighted by Crippen LogP contribution is -2.36. The summed E-state index contributed by atoms with van der Waals surface area (Å²) in [5.41, 5.74) is 1.09. The fourth-order valence-electron chi connectivity index (χ4n) is 2.12. The molecule has 116 valence electrons. The summed E-state index contributed by atoms with van der Waals surface area (Å²) in [5.74, 6) is 1.68.